The first-order valence-electron chi connectivity index (χ1n) is 12.2. The maximum atomic E-state index is 13.0. The molecule has 1 unspecified atom stereocenters. The van der Waals surface area contributed by atoms with Gasteiger partial charge in [-0.1, -0.05) is 54.2 Å². The fraction of sp³-hybridized carbons (Fsp3) is 0.385. The summed E-state index contributed by atoms with van der Waals surface area (Å²) in [4.78, 5) is 28.1. The summed E-state index contributed by atoms with van der Waals surface area (Å²) >= 11 is 1.39. The van der Waals surface area contributed by atoms with Crippen molar-refractivity contribution in [3.63, 3.8) is 0 Å². The van der Waals surface area contributed by atoms with Gasteiger partial charge in [0.1, 0.15) is 0 Å². The third-order valence-electron chi connectivity index (χ3n) is 6.37. The normalized spacial score (nSPS) is 16.2. The number of anilines is 2. The molecule has 2 amide bonds. The molecule has 2 fully saturated rings. The van der Waals surface area contributed by atoms with Crippen molar-refractivity contribution in [1.29, 1.82) is 0 Å². The predicted molar refractivity (Wildman–Crippen MR) is 138 cm³/mol. The first kappa shape index (κ1) is 23.4. The molecule has 2 aliphatic rings. The van der Waals surface area contributed by atoms with E-state index in [2.05, 4.69) is 30.3 Å². The van der Waals surface area contributed by atoms with Gasteiger partial charge in [-0.3, -0.25) is 14.2 Å². The number of thioether (sulfide) groups is 1. The molecular formula is C26H30N6O2S. The zero-order valence-electron chi connectivity index (χ0n) is 19.8. The van der Waals surface area contributed by atoms with E-state index in [1.807, 2.05) is 43.3 Å². The number of aromatic nitrogens is 3. The topological polar surface area (TPSA) is 92.2 Å². The zero-order valence-corrected chi connectivity index (χ0v) is 20.6. The van der Waals surface area contributed by atoms with Gasteiger partial charge in [-0.15, -0.1) is 10.2 Å². The van der Waals surface area contributed by atoms with Gasteiger partial charge in [-0.05, 0) is 50.3 Å². The van der Waals surface area contributed by atoms with Crippen LogP contribution in [0.4, 0.5) is 11.6 Å². The zero-order chi connectivity index (χ0) is 24.2. The number of hydrogen-bond acceptors (Lipinski definition) is 6. The molecule has 1 saturated carbocycles. The van der Waals surface area contributed by atoms with Crippen LogP contribution in [-0.4, -0.2) is 45.4 Å². The molecule has 1 aliphatic carbocycles. The Bertz CT molecular complexity index is 1190. The van der Waals surface area contributed by atoms with Crippen LogP contribution in [-0.2, 0) is 4.79 Å². The number of carbonyl (C=O) groups excluding carboxylic acids is 2. The van der Waals surface area contributed by atoms with Crippen molar-refractivity contribution in [2.24, 2.45) is 0 Å². The highest BCUT2D eigenvalue weighted by Crippen LogP contribution is 2.41. The van der Waals surface area contributed by atoms with Gasteiger partial charge in [0.15, 0.2) is 5.16 Å². The Morgan fingerprint density at radius 2 is 1.74 bits per heavy atom. The second kappa shape index (κ2) is 10.5. The average Bonchev–Trinajstić information content (AvgIpc) is 3.38. The highest BCUT2D eigenvalue weighted by atomic mass is 32.2. The van der Waals surface area contributed by atoms with Crippen LogP contribution in [0.2, 0.25) is 0 Å². The SMILES string of the molecule is CC(NC(=O)c1ccccc1NC(=O)CSc1nnc(N2CCCC2)n1C1CC1)c1ccccc1. The lowest BCUT2D eigenvalue weighted by molar-refractivity contribution is -0.113. The van der Waals surface area contributed by atoms with Gasteiger partial charge < -0.3 is 15.5 Å². The Morgan fingerprint density at radius 1 is 1.03 bits per heavy atom. The van der Waals surface area contributed by atoms with Crippen LogP contribution in [0.5, 0.6) is 0 Å². The summed E-state index contributed by atoms with van der Waals surface area (Å²) in [6, 6.07) is 17.2. The van der Waals surface area contributed by atoms with E-state index in [1.165, 1.54) is 24.6 Å². The van der Waals surface area contributed by atoms with Crippen molar-refractivity contribution >= 4 is 35.2 Å². The molecule has 3 aromatic rings. The number of amides is 2. The molecule has 1 aromatic heterocycles. The van der Waals surface area contributed by atoms with Crippen LogP contribution in [0.3, 0.4) is 0 Å². The van der Waals surface area contributed by atoms with E-state index in [9.17, 15) is 9.59 Å². The van der Waals surface area contributed by atoms with Gasteiger partial charge in [-0.25, -0.2) is 0 Å². The van der Waals surface area contributed by atoms with Crippen LogP contribution < -0.4 is 15.5 Å². The summed E-state index contributed by atoms with van der Waals surface area (Å²) in [7, 11) is 0. The van der Waals surface area contributed by atoms with Crippen molar-refractivity contribution in [2.45, 2.75) is 49.8 Å². The van der Waals surface area contributed by atoms with Crippen molar-refractivity contribution in [3.8, 4) is 0 Å². The largest absolute Gasteiger partial charge is 0.345 e. The monoisotopic (exact) mass is 490 g/mol. The minimum Gasteiger partial charge on any atom is -0.345 e. The summed E-state index contributed by atoms with van der Waals surface area (Å²) in [5.74, 6) is 0.719. The van der Waals surface area contributed by atoms with Crippen molar-refractivity contribution < 1.29 is 9.59 Å². The van der Waals surface area contributed by atoms with E-state index in [0.29, 0.717) is 17.3 Å². The van der Waals surface area contributed by atoms with E-state index in [0.717, 1.165) is 42.6 Å². The summed E-state index contributed by atoms with van der Waals surface area (Å²) in [6.07, 6.45) is 4.62. The number of carbonyl (C=O) groups is 2. The third-order valence-corrected chi connectivity index (χ3v) is 7.32. The second-order valence-electron chi connectivity index (χ2n) is 9.07. The van der Waals surface area contributed by atoms with E-state index in [1.54, 1.807) is 18.2 Å². The molecule has 5 rings (SSSR count). The molecule has 1 saturated heterocycles. The van der Waals surface area contributed by atoms with Gasteiger partial charge in [0, 0.05) is 19.1 Å². The van der Waals surface area contributed by atoms with E-state index >= 15 is 0 Å². The summed E-state index contributed by atoms with van der Waals surface area (Å²) in [5, 5.41) is 15.6. The van der Waals surface area contributed by atoms with Crippen LogP contribution in [0.15, 0.2) is 59.8 Å². The van der Waals surface area contributed by atoms with E-state index in [-0.39, 0.29) is 23.6 Å². The minimum absolute atomic E-state index is 0.151. The Morgan fingerprint density at radius 3 is 2.49 bits per heavy atom. The van der Waals surface area contributed by atoms with E-state index in [4.69, 9.17) is 0 Å². The number of para-hydroxylation sites is 1. The van der Waals surface area contributed by atoms with Gasteiger partial charge in [-0.2, -0.15) is 0 Å². The standard InChI is InChI=1S/C26H30N6O2S/c1-18(19-9-3-2-4-10-19)27-24(34)21-11-5-6-12-22(21)28-23(33)17-35-26-30-29-25(31-15-7-8-16-31)32(26)20-13-14-20/h2-6,9-12,18,20H,7-8,13-17H2,1H3,(H,27,34)(H,28,33). The fourth-order valence-electron chi connectivity index (χ4n) is 4.36. The van der Waals surface area contributed by atoms with Crippen LogP contribution >= 0.6 is 11.8 Å². The van der Waals surface area contributed by atoms with Gasteiger partial charge in [0.2, 0.25) is 11.9 Å². The number of hydrogen-bond donors (Lipinski definition) is 2. The lowest BCUT2D eigenvalue weighted by atomic mass is 10.1. The van der Waals surface area contributed by atoms with E-state index < -0.39 is 0 Å². The molecule has 2 aromatic carbocycles. The lowest BCUT2D eigenvalue weighted by Gasteiger charge is -2.18. The molecule has 1 atom stereocenters. The van der Waals surface area contributed by atoms with Crippen LogP contribution in [0, 0.1) is 0 Å². The quantitative estimate of drug-likeness (QED) is 0.431. The predicted octanol–water partition coefficient (Wildman–Crippen LogP) is 4.44. The molecule has 1 aliphatic heterocycles. The van der Waals surface area contributed by atoms with Gasteiger partial charge in [0.05, 0.1) is 23.0 Å². The van der Waals surface area contributed by atoms with Crippen molar-refractivity contribution in [3.05, 3.63) is 65.7 Å². The summed E-state index contributed by atoms with van der Waals surface area (Å²) < 4.78 is 2.20. The molecule has 35 heavy (non-hydrogen) atoms. The molecule has 0 bridgehead atoms. The number of benzene rings is 2. The fourth-order valence-corrected chi connectivity index (χ4v) is 5.16. The summed E-state index contributed by atoms with van der Waals surface area (Å²) in [6.45, 7) is 3.97. The molecule has 0 radical (unpaired) electrons. The first-order valence-corrected chi connectivity index (χ1v) is 13.2. The molecular weight excluding hydrogens is 460 g/mol. The number of nitrogens with one attached hydrogen (secondary N) is 2. The molecule has 8 nitrogen and oxygen atoms in total. The Kier molecular flexibility index (Phi) is 7.03. The lowest BCUT2D eigenvalue weighted by Crippen LogP contribution is -2.28. The highest BCUT2D eigenvalue weighted by molar-refractivity contribution is 7.99. The molecule has 0 spiro atoms. The number of nitrogens with zero attached hydrogens (tertiary/aromatic N) is 4. The molecule has 182 valence electrons. The highest BCUT2D eigenvalue weighted by Gasteiger charge is 2.32. The minimum atomic E-state index is -0.228. The first-order chi connectivity index (χ1) is 17.1. The maximum Gasteiger partial charge on any atom is 0.253 e. The Hall–Kier alpha value is -3.33. The van der Waals surface area contributed by atoms with Crippen LogP contribution in [0.1, 0.15) is 60.6 Å². The van der Waals surface area contributed by atoms with Crippen LogP contribution in [0.25, 0.3) is 0 Å². The summed E-state index contributed by atoms with van der Waals surface area (Å²) in [5.41, 5.74) is 1.95. The Balaban J connectivity index is 1.22. The smallest absolute Gasteiger partial charge is 0.253 e. The molecule has 2 N–H and O–H groups in total. The molecule has 2 heterocycles. The second-order valence-corrected chi connectivity index (χ2v) is 10.0. The maximum absolute atomic E-state index is 13.0. The molecule has 9 heteroatoms. The Labute approximate surface area is 209 Å². The number of rotatable bonds is 9. The third kappa shape index (κ3) is 5.51. The van der Waals surface area contributed by atoms with Gasteiger partial charge in [0.25, 0.3) is 5.91 Å². The van der Waals surface area contributed by atoms with Gasteiger partial charge >= 0.3 is 0 Å². The van der Waals surface area contributed by atoms with Crippen molar-refractivity contribution in [2.75, 3.05) is 29.1 Å². The average molecular weight is 491 g/mol. The van der Waals surface area contributed by atoms with Crippen molar-refractivity contribution in [1.82, 2.24) is 20.1 Å².